The minimum Gasteiger partial charge on any atom is -0.504 e. The first-order chi connectivity index (χ1) is 33.5. The van der Waals surface area contributed by atoms with Crippen molar-refractivity contribution in [3.05, 3.63) is 78.1 Å². The third-order valence-electron chi connectivity index (χ3n) is 13.2. The Hall–Kier alpha value is -4.84. The van der Waals surface area contributed by atoms with Gasteiger partial charge in [0.25, 0.3) is 0 Å². The number of rotatable bonds is 16. The fourth-order valence-corrected chi connectivity index (χ4v) is 9.28. The molecule has 0 aromatic heterocycles. The number of carbonyl (C=O) groups excluding carboxylic acids is 2. The molecule has 384 valence electrons. The number of esters is 2. The zero-order chi connectivity index (χ0) is 50.2. The van der Waals surface area contributed by atoms with E-state index in [9.17, 15) is 65.8 Å². The normalized spacial score (nSPS) is 41.1. The van der Waals surface area contributed by atoms with Gasteiger partial charge in [-0.25, -0.2) is 9.59 Å². The molecule has 5 fully saturated rings. The van der Waals surface area contributed by atoms with Crippen molar-refractivity contribution in [2.75, 3.05) is 26.9 Å². The molecule has 0 spiro atoms. The van der Waals surface area contributed by atoms with E-state index in [1.807, 2.05) is 0 Å². The number of ether oxygens (including phenoxy) is 11. The molecule has 1 saturated carbocycles. The molecule has 24 nitrogen and oxygen atoms in total. The van der Waals surface area contributed by atoms with Crippen LogP contribution in [-0.4, -0.2) is 211 Å². The Morgan fingerprint density at radius 1 is 0.671 bits per heavy atom. The topological polar surface area (TPSA) is 362 Å². The lowest BCUT2D eigenvalue weighted by Crippen LogP contribution is -2.65. The molecule has 6 aliphatic rings. The second kappa shape index (κ2) is 21.5. The van der Waals surface area contributed by atoms with Crippen molar-refractivity contribution in [2.45, 2.75) is 123 Å². The number of aromatic hydroxyl groups is 2. The summed E-state index contributed by atoms with van der Waals surface area (Å²) in [5.74, 6) is -3.74. The summed E-state index contributed by atoms with van der Waals surface area (Å²) in [5.41, 5.74) is -0.460. The molecule has 5 aliphatic heterocycles. The molecular weight excluding hydrogens is 936 g/mol. The van der Waals surface area contributed by atoms with Gasteiger partial charge in [-0.2, -0.15) is 0 Å². The molecule has 8 rings (SSSR count). The zero-order valence-corrected chi connectivity index (χ0v) is 37.4. The summed E-state index contributed by atoms with van der Waals surface area (Å²) in [7, 11) is 1.50. The number of phenolic OH excluding ortho intramolecular Hbond substituents is 2. The number of epoxide rings is 1. The highest BCUT2D eigenvalue weighted by Crippen LogP contribution is 2.61. The fraction of sp³-hybridized carbons (Fsp3) is 0.565. The van der Waals surface area contributed by atoms with Gasteiger partial charge in [-0.15, -0.1) is 0 Å². The van der Waals surface area contributed by atoms with Crippen molar-refractivity contribution < 1.29 is 118 Å². The van der Waals surface area contributed by atoms with E-state index in [4.69, 9.17) is 52.1 Å². The first-order valence-electron chi connectivity index (χ1n) is 22.3. The Morgan fingerprint density at radius 3 is 1.96 bits per heavy atom. The second-order valence-corrected chi connectivity index (χ2v) is 17.6. The number of aliphatic hydroxyl groups excluding tert-OH is 9. The predicted octanol–water partition coefficient (Wildman–Crippen LogP) is -2.97. The summed E-state index contributed by atoms with van der Waals surface area (Å²) >= 11 is 0. The molecule has 0 radical (unpaired) electrons. The summed E-state index contributed by atoms with van der Waals surface area (Å²) < 4.78 is 64.0. The van der Waals surface area contributed by atoms with Crippen molar-refractivity contribution in [3.8, 4) is 17.2 Å². The minimum absolute atomic E-state index is 0.325. The second-order valence-electron chi connectivity index (χ2n) is 17.6. The zero-order valence-electron chi connectivity index (χ0n) is 37.4. The van der Waals surface area contributed by atoms with Crippen molar-refractivity contribution in [1.82, 2.24) is 0 Å². The number of hydrogen-bond acceptors (Lipinski definition) is 24. The number of carbonyl (C=O) groups is 2. The van der Waals surface area contributed by atoms with Crippen molar-refractivity contribution in [2.24, 2.45) is 11.8 Å². The van der Waals surface area contributed by atoms with Gasteiger partial charge in [0.15, 0.2) is 36.5 Å². The number of methoxy groups -OCH3 is 1. The molecule has 21 atom stereocenters. The van der Waals surface area contributed by atoms with E-state index in [1.165, 1.54) is 50.6 Å². The Balaban J connectivity index is 1.00. The summed E-state index contributed by atoms with van der Waals surface area (Å²) in [6.07, 6.45) is -21.0. The highest BCUT2D eigenvalue weighted by molar-refractivity contribution is 5.87. The maximum atomic E-state index is 13.4. The maximum absolute atomic E-state index is 13.4. The van der Waals surface area contributed by atoms with E-state index < -0.39 is 166 Å². The maximum Gasteiger partial charge on any atom is 0.331 e. The van der Waals surface area contributed by atoms with Crippen LogP contribution in [0.1, 0.15) is 18.1 Å². The third-order valence-corrected chi connectivity index (χ3v) is 13.2. The monoisotopic (exact) mass is 992 g/mol. The molecule has 0 amide bonds. The number of hydrogen-bond donors (Lipinski definition) is 11. The van der Waals surface area contributed by atoms with Crippen molar-refractivity contribution in [3.63, 3.8) is 0 Å². The molecule has 1 aliphatic carbocycles. The lowest BCUT2D eigenvalue weighted by atomic mass is 9.85. The van der Waals surface area contributed by atoms with Crippen LogP contribution in [0.15, 0.2) is 67.0 Å². The van der Waals surface area contributed by atoms with Gasteiger partial charge in [0, 0.05) is 18.1 Å². The summed E-state index contributed by atoms with van der Waals surface area (Å²) in [4.78, 5) is 26.1. The quantitative estimate of drug-likeness (QED) is 0.0346. The highest BCUT2D eigenvalue weighted by Gasteiger charge is 2.77. The smallest absolute Gasteiger partial charge is 0.331 e. The van der Waals surface area contributed by atoms with Crippen LogP contribution in [0.5, 0.6) is 17.2 Å². The van der Waals surface area contributed by atoms with Crippen LogP contribution in [-0.2, 0) is 57.0 Å². The summed E-state index contributed by atoms with van der Waals surface area (Å²) in [5, 5.41) is 116. The average molecular weight is 993 g/mol. The Bertz CT molecular complexity index is 2220. The van der Waals surface area contributed by atoms with Gasteiger partial charge in [-0.3, -0.25) is 0 Å². The summed E-state index contributed by atoms with van der Waals surface area (Å²) in [6.45, 7) is -0.545. The van der Waals surface area contributed by atoms with Gasteiger partial charge in [0.1, 0.15) is 85.1 Å². The van der Waals surface area contributed by atoms with Crippen LogP contribution < -0.4 is 4.74 Å². The first-order valence-corrected chi connectivity index (χ1v) is 22.3. The molecular formula is C46H56O24. The third kappa shape index (κ3) is 10.4. The van der Waals surface area contributed by atoms with E-state index in [1.54, 1.807) is 30.3 Å². The van der Waals surface area contributed by atoms with Crippen molar-refractivity contribution in [1.29, 1.82) is 0 Å². The number of fused-ring (bicyclic) bond motifs is 3. The van der Waals surface area contributed by atoms with Crippen LogP contribution in [0.2, 0.25) is 0 Å². The SMILES string of the molecule is COc1ccc(/C=C/C(=O)O[C@@H]2[C@H](O[C@@H]3O[C@H](COC(=O)/C=C/c4ccc(O)c(O)c4)[C@@H](O)[C@@H](O)[C@@H]3O)[C@H](O)[C@@H](O[C@@H]3[C@H]4C=CO[C@H](O[C@@H]5O[C@@H](CO)[C@H](O)[C@@H](O)[C@@H]5O)[C@H]4[C@]4(CO)O[C@H]34)O[C@H]2C)cc1. The Morgan fingerprint density at radius 2 is 1.29 bits per heavy atom. The molecule has 4 saturated heterocycles. The van der Waals surface area contributed by atoms with Gasteiger partial charge in [0.05, 0.1) is 44.7 Å². The van der Waals surface area contributed by atoms with Crippen molar-refractivity contribution >= 4 is 24.1 Å². The van der Waals surface area contributed by atoms with Gasteiger partial charge >= 0.3 is 11.9 Å². The first kappa shape index (κ1) is 51.5. The Kier molecular flexibility index (Phi) is 15.8. The van der Waals surface area contributed by atoms with E-state index in [0.717, 1.165) is 12.2 Å². The minimum atomic E-state index is -2.01. The number of benzene rings is 2. The van der Waals surface area contributed by atoms with E-state index >= 15 is 0 Å². The van der Waals surface area contributed by atoms with Gasteiger partial charge in [-0.05, 0) is 60.5 Å². The van der Waals surface area contributed by atoms with E-state index in [0.29, 0.717) is 16.9 Å². The molecule has 2 aromatic carbocycles. The van der Waals surface area contributed by atoms with Crippen LogP contribution in [0.4, 0.5) is 0 Å². The molecule has 0 unspecified atom stereocenters. The molecule has 5 heterocycles. The average Bonchev–Trinajstić information content (AvgIpc) is 4.03. The summed E-state index contributed by atoms with van der Waals surface area (Å²) in [6, 6.07) is 10.5. The van der Waals surface area contributed by atoms with Crippen LogP contribution in [0.3, 0.4) is 0 Å². The molecule has 11 N–H and O–H groups in total. The van der Waals surface area contributed by atoms with Gasteiger partial charge < -0.3 is 108 Å². The largest absolute Gasteiger partial charge is 0.504 e. The van der Waals surface area contributed by atoms with Crippen LogP contribution in [0.25, 0.3) is 12.2 Å². The van der Waals surface area contributed by atoms with Gasteiger partial charge in [0.2, 0.25) is 6.29 Å². The lowest BCUT2D eigenvalue weighted by molar-refractivity contribution is -0.364. The standard InChI is InChI=1S/C46H56O24/c1-19-38(66-29(52)12-6-20-3-8-22(60-2)9-4-20)40(68-43-35(57)34(56)32(54)27(65-43)17-62-28(51)11-7-21-5-10-24(49)25(50)15-21)37(59)45(63-19)67-39-23-13-14-61-42(30(23)46(18-48)41(39)70-46)69-44-36(58)33(55)31(53)26(16-47)64-44/h3-15,19,23,26-27,30-45,47-50,53-59H,16-18H2,1-2H3/b11-7+,12-6+/t19-,23-,26-,27+,30-,31-,32+,33+,34+,35-,36-,37-,38-,39+,40+,41+,42+,43-,44-,45+,46-/m0/s1. The van der Waals surface area contributed by atoms with E-state index in [2.05, 4.69) is 0 Å². The van der Waals surface area contributed by atoms with E-state index in [-0.39, 0.29) is 5.75 Å². The Labute approximate surface area is 398 Å². The van der Waals surface area contributed by atoms with Crippen LogP contribution >= 0.6 is 0 Å². The van der Waals surface area contributed by atoms with Crippen LogP contribution in [0, 0.1) is 11.8 Å². The number of aliphatic hydroxyl groups is 9. The fourth-order valence-electron chi connectivity index (χ4n) is 9.28. The van der Waals surface area contributed by atoms with Gasteiger partial charge in [-0.1, -0.05) is 18.2 Å². The highest BCUT2D eigenvalue weighted by atomic mass is 16.8. The lowest BCUT2D eigenvalue weighted by Gasteiger charge is -2.47. The molecule has 24 heteroatoms. The molecule has 70 heavy (non-hydrogen) atoms. The predicted molar refractivity (Wildman–Crippen MR) is 229 cm³/mol. The number of phenols is 2. The molecule has 0 bridgehead atoms. The molecule has 2 aromatic rings.